The molecule has 0 atom stereocenters. The van der Waals surface area contributed by atoms with Gasteiger partial charge in [-0.1, -0.05) is 0 Å². The van der Waals surface area contributed by atoms with Gasteiger partial charge in [0, 0.05) is 0 Å². The van der Waals surface area contributed by atoms with E-state index in [1.54, 1.807) is 0 Å². The van der Waals surface area contributed by atoms with Crippen LogP contribution in [0.4, 0.5) is 11.4 Å². The van der Waals surface area contributed by atoms with Crippen LogP contribution in [0.15, 0.2) is 28.3 Å². The maximum atomic E-state index is 10.2. The van der Waals surface area contributed by atoms with Gasteiger partial charge in [-0.15, -0.1) is 0 Å². The van der Waals surface area contributed by atoms with Crippen LogP contribution >= 0.6 is 0 Å². The van der Waals surface area contributed by atoms with Crippen LogP contribution in [-0.4, -0.2) is 4.92 Å². The molecule has 0 amide bonds. The standard InChI is InChI=1S/C6H4N2O2.Co/c7-5-1-3-6(4-2-5)8(9)10;/h1-4H;. The van der Waals surface area contributed by atoms with E-state index in [9.17, 15) is 10.1 Å². The Morgan fingerprint density at radius 1 is 1.36 bits per heavy atom. The fourth-order valence-electron chi connectivity index (χ4n) is 0.624. The number of nitro benzene ring substituents is 1. The van der Waals surface area contributed by atoms with Crippen LogP contribution < -0.4 is 0 Å². The van der Waals surface area contributed by atoms with Crippen molar-refractivity contribution in [1.82, 2.24) is 0 Å². The molecular weight excluding hydrogens is 191 g/mol. The third-order valence-corrected chi connectivity index (χ3v) is 1.42. The predicted octanol–water partition coefficient (Wildman–Crippen LogP) is 1.96. The minimum absolute atomic E-state index is 0.0601. The van der Waals surface area contributed by atoms with Crippen molar-refractivity contribution in [2.75, 3.05) is 0 Å². The molecule has 1 rings (SSSR count). The van der Waals surface area contributed by atoms with Crippen LogP contribution in [0, 0.1) is 10.1 Å². The van der Waals surface area contributed by atoms with E-state index in [4.69, 9.17) is 0 Å². The molecule has 0 aliphatic rings. The number of hydrogen-bond donors (Lipinski definition) is 0. The van der Waals surface area contributed by atoms with E-state index in [0.29, 0.717) is 5.69 Å². The van der Waals surface area contributed by atoms with Crippen LogP contribution in [0.2, 0.25) is 0 Å². The Morgan fingerprint density at radius 2 is 1.91 bits per heavy atom. The fraction of sp³-hybridized carbons (Fsp3) is 0. The summed E-state index contributed by atoms with van der Waals surface area (Å²) in [4.78, 5) is 9.70. The molecule has 0 spiro atoms. The summed E-state index contributed by atoms with van der Waals surface area (Å²) < 4.78 is 3.54. The monoisotopic (exact) mass is 195 g/mol. The molecule has 0 aromatic heterocycles. The zero-order valence-corrected chi connectivity index (χ0v) is 6.39. The summed E-state index contributed by atoms with van der Waals surface area (Å²) in [5, 5.41) is 10.2. The second-order valence-corrected chi connectivity index (χ2v) is 2.08. The molecule has 0 saturated heterocycles. The van der Waals surface area contributed by atoms with Gasteiger partial charge in [-0.2, -0.15) is 0 Å². The summed E-state index contributed by atoms with van der Waals surface area (Å²) in [6.45, 7) is 0. The molecule has 1 aromatic rings. The van der Waals surface area contributed by atoms with Crippen molar-refractivity contribution in [2.45, 2.75) is 0 Å². The van der Waals surface area contributed by atoms with E-state index in [1.807, 2.05) is 0 Å². The number of nitro groups is 1. The first kappa shape index (κ1) is 8.03. The average Bonchev–Trinajstić information content (AvgIpc) is 2.05. The second kappa shape index (κ2) is 3.36. The first-order valence-corrected chi connectivity index (χ1v) is 3.25. The summed E-state index contributed by atoms with van der Waals surface area (Å²) in [5.74, 6) is 0. The number of benzene rings is 1. The van der Waals surface area contributed by atoms with E-state index in [0.717, 1.165) is 0 Å². The minimum atomic E-state index is -0.457. The van der Waals surface area contributed by atoms with Crippen LogP contribution in [0.3, 0.4) is 0 Å². The molecule has 0 saturated carbocycles. The van der Waals surface area contributed by atoms with Gasteiger partial charge in [0.05, 0.1) is 0 Å². The van der Waals surface area contributed by atoms with E-state index in [-0.39, 0.29) is 5.69 Å². The molecule has 1 aromatic carbocycles. The van der Waals surface area contributed by atoms with Crippen molar-refractivity contribution < 1.29 is 20.5 Å². The molecule has 0 bridgehead atoms. The molecule has 11 heavy (non-hydrogen) atoms. The number of non-ortho nitro benzene ring substituents is 1. The number of rotatable bonds is 2. The first-order chi connectivity index (χ1) is 5.24. The number of nitrogens with zero attached hydrogens (tertiary/aromatic N) is 2. The van der Waals surface area contributed by atoms with Gasteiger partial charge < -0.3 is 0 Å². The molecule has 0 radical (unpaired) electrons. The zero-order chi connectivity index (χ0) is 8.27. The Balaban J connectivity index is 3.00. The quantitative estimate of drug-likeness (QED) is 0.534. The third-order valence-electron chi connectivity index (χ3n) is 1.15. The van der Waals surface area contributed by atoms with E-state index in [1.165, 1.54) is 24.3 Å². The molecule has 0 N–H and O–H groups in total. The van der Waals surface area contributed by atoms with Gasteiger partial charge in [0.2, 0.25) is 0 Å². The summed E-state index contributed by atoms with van der Waals surface area (Å²) in [6, 6.07) is 5.83. The molecule has 0 aliphatic carbocycles. The first-order valence-electron chi connectivity index (χ1n) is 2.78. The molecule has 4 nitrogen and oxygen atoms in total. The topological polar surface area (TPSA) is 55.5 Å². The third kappa shape index (κ3) is 1.92. The Labute approximate surface area is 70.8 Å². The van der Waals surface area contributed by atoms with Gasteiger partial charge in [0.15, 0.2) is 0 Å². The van der Waals surface area contributed by atoms with E-state index < -0.39 is 4.92 Å². The molecule has 0 fully saturated rings. The summed E-state index contributed by atoms with van der Waals surface area (Å²) in [7, 11) is 0. The summed E-state index contributed by atoms with van der Waals surface area (Å²) in [6.07, 6.45) is 0. The molecule has 5 heteroatoms. The Morgan fingerprint density at radius 3 is 2.27 bits per heavy atom. The van der Waals surface area contributed by atoms with Gasteiger partial charge in [0.1, 0.15) is 0 Å². The van der Waals surface area contributed by atoms with E-state index >= 15 is 0 Å². The second-order valence-electron chi connectivity index (χ2n) is 1.85. The molecule has 0 unspecified atom stereocenters. The van der Waals surface area contributed by atoms with Gasteiger partial charge in [-0.3, -0.25) is 0 Å². The van der Waals surface area contributed by atoms with Crippen LogP contribution in [0.25, 0.3) is 0 Å². The number of hydrogen-bond acceptors (Lipinski definition) is 3. The van der Waals surface area contributed by atoms with Crippen molar-refractivity contribution in [1.29, 1.82) is 0 Å². The van der Waals surface area contributed by atoms with Gasteiger partial charge in [-0.05, 0) is 0 Å². The average molecular weight is 195 g/mol. The fourth-order valence-corrected chi connectivity index (χ4v) is 0.779. The Bertz CT molecular complexity index is 283. The van der Waals surface area contributed by atoms with Gasteiger partial charge in [-0.25, -0.2) is 0 Å². The Kier molecular flexibility index (Phi) is 2.45. The van der Waals surface area contributed by atoms with Gasteiger partial charge in [0.25, 0.3) is 0 Å². The van der Waals surface area contributed by atoms with Crippen molar-refractivity contribution in [2.24, 2.45) is 4.00 Å². The maximum absolute atomic E-state index is 10.2. The molecule has 59 valence electrons. The van der Waals surface area contributed by atoms with Crippen molar-refractivity contribution in [3.63, 3.8) is 0 Å². The predicted molar refractivity (Wildman–Crippen MR) is 35.2 cm³/mol. The van der Waals surface area contributed by atoms with Crippen molar-refractivity contribution >= 4 is 11.4 Å². The molecule has 0 heterocycles. The Hall–Kier alpha value is -1.07. The SMILES string of the molecule is O=[N+]([O-])c1ccc([N]=[Co])cc1. The molecule has 0 aliphatic heterocycles. The van der Waals surface area contributed by atoms with Crippen molar-refractivity contribution in [3.8, 4) is 0 Å². The van der Waals surface area contributed by atoms with Crippen LogP contribution in [0.1, 0.15) is 0 Å². The molecular formula is C6H4CoN2O2. The van der Waals surface area contributed by atoms with Crippen LogP contribution in [-0.2, 0) is 15.5 Å². The van der Waals surface area contributed by atoms with Crippen LogP contribution in [0.5, 0.6) is 0 Å². The summed E-state index contributed by atoms with van der Waals surface area (Å²) >= 11 is 3.70. The summed E-state index contributed by atoms with van der Waals surface area (Å²) in [5.41, 5.74) is 0.667. The zero-order valence-electron chi connectivity index (χ0n) is 5.35. The van der Waals surface area contributed by atoms with E-state index in [2.05, 4.69) is 19.5 Å². The van der Waals surface area contributed by atoms with Crippen molar-refractivity contribution in [3.05, 3.63) is 34.4 Å². The van der Waals surface area contributed by atoms with Gasteiger partial charge >= 0.3 is 70.2 Å². The normalized spacial score (nSPS) is 9.18.